The largest absolute Gasteiger partial charge is 0.348 e. The van der Waals surface area contributed by atoms with Gasteiger partial charge in [-0.3, -0.25) is 9.48 Å². The highest BCUT2D eigenvalue weighted by atomic mass is 79.9. The minimum atomic E-state index is -0.00787. The molecule has 2 aliphatic rings. The number of carbonyl (C=O) groups is 1. The fraction of sp³-hybridized carbons (Fsp3) is 0.733. The Hall–Kier alpha value is -0.840. The van der Waals surface area contributed by atoms with E-state index in [0.717, 1.165) is 16.3 Å². The van der Waals surface area contributed by atoms with Crippen LogP contribution in [0.3, 0.4) is 0 Å². The lowest BCUT2D eigenvalue weighted by molar-refractivity contribution is 0.0903. The molecule has 1 amide bonds. The van der Waals surface area contributed by atoms with Crippen molar-refractivity contribution in [2.45, 2.75) is 52.1 Å². The van der Waals surface area contributed by atoms with E-state index in [1.54, 1.807) is 10.9 Å². The van der Waals surface area contributed by atoms with Gasteiger partial charge >= 0.3 is 0 Å². The van der Waals surface area contributed by atoms with Gasteiger partial charge in [0.2, 0.25) is 0 Å². The van der Waals surface area contributed by atoms with Crippen molar-refractivity contribution in [1.82, 2.24) is 15.1 Å². The lowest BCUT2D eigenvalue weighted by Crippen LogP contribution is -2.41. The predicted octanol–water partition coefficient (Wildman–Crippen LogP) is 3.22. The van der Waals surface area contributed by atoms with Crippen molar-refractivity contribution in [3.8, 4) is 0 Å². The van der Waals surface area contributed by atoms with Crippen LogP contribution in [-0.2, 0) is 6.54 Å². The molecule has 2 bridgehead atoms. The van der Waals surface area contributed by atoms with E-state index >= 15 is 0 Å². The highest BCUT2D eigenvalue weighted by Gasteiger charge is 2.42. The van der Waals surface area contributed by atoms with Crippen molar-refractivity contribution >= 4 is 21.8 Å². The molecule has 0 radical (unpaired) electrons. The van der Waals surface area contributed by atoms with E-state index in [1.165, 1.54) is 25.7 Å². The zero-order chi connectivity index (χ0) is 14.3. The monoisotopic (exact) mass is 339 g/mol. The van der Waals surface area contributed by atoms with Crippen molar-refractivity contribution in [1.29, 1.82) is 0 Å². The highest BCUT2D eigenvalue weighted by Crippen LogP contribution is 2.49. The van der Waals surface area contributed by atoms with E-state index in [-0.39, 0.29) is 11.9 Å². The lowest BCUT2D eigenvalue weighted by atomic mass is 9.84. The van der Waals surface area contributed by atoms with Gasteiger partial charge in [0.15, 0.2) is 0 Å². The summed E-state index contributed by atoms with van der Waals surface area (Å²) in [5.41, 5.74) is 0.641. The molecule has 2 fully saturated rings. The van der Waals surface area contributed by atoms with E-state index in [9.17, 15) is 4.79 Å². The Balaban J connectivity index is 1.68. The number of aromatic nitrogens is 2. The second-order valence-electron chi connectivity index (χ2n) is 6.26. The standard InChI is InChI=1S/C15H22BrN3O/c1-3-19-14(13(16)8-17-19)15(20)18-9(2)12-7-10-4-5-11(12)6-10/h8-12H,3-7H2,1-2H3,(H,18,20). The van der Waals surface area contributed by atoms with Gasteiger partial charge in [0.1, 0.15) is 5.69 Å². The molecule has 110 valence electrons. The SMILES string of the molecule is CCn1ncc(Br)c1C(=O)NC(C)C1CC2CCC1C2. The van der Waals surface area contributed by atoms with Gasteiger partial charge in [0.05, 0.1) is 10.7 Å². The van der Waals surface area contributed by atoms with E-state index in [4.69, 9.17) is 0 Å². The van der Waals surface area contributed by atoms with Crippen LogP contribution in [0, 0.1) is 17.8 Å². The molecule has 4 atom stereocenters. The summed E-state index contributed by atoms with van der Waals surface area (Å²) in [5.74, 6) is 2.40. The maximum Gasteiger partial charge on any atom is 0.270 e. The number of carbonyl (C=O) groups excluding carboxylic acids is 1. The number of fused-ring (bicyclic) bond motifs is 2. The molecule has 0 saturated heterocycles. The van der Waals surface area contributed by atoms with Crippen LogP contribution in [0.4, 0.5) is 0 Å². The fourth-order valence-electron chi connectivity index (χ4n) is 4.12. The summed E-state index contributed by atoms with van der Waals surface area (Å²) in [5, 5.41) is 7.40. The summed E-state index contributed by atoms with van der Waals surface area (Å²) in [4.78, 5) is 12.5. The summed E-state index contributed by atoms with van der Waals surface area (Å²) in [7, 11) is 0. The Bertz CT molecular complexity index is 513. The molecule has 4 nitrogen and oxygen atoms in total. The molecule has 2 saturated carbocycles. The Labute approximate surface area is 128 Å². The fourth-order valence-corrected chi connectivity index (χ4v) is 4.59. The third-order valence-electron chi connectivity index (χ3n) is 5.10. The van der Waals surface area contributed by atoms with E-state index in [2.05, 4.69) is 33.3 Å². The number of hydrogen-bond acceptors (Lipinski definition) is 2. The van der Waals surface area contributed by atoms with Crippen molar-refractivity contribution < 1.29 is 4.79 Å². The molecule has 5 heteroatoms. The van der Waals surface area contributed by atoms with Crippen LogP contribution in [0.25, 0.3) is 0 Å². The molecule has 1 aromatic rings. The maximum atomic E-state index is 12.5. The number of nitrogens with one attached hydrogen (secondary N) is 1. The first kappa shape index (κ1) is 14.1. The van der Waals surface area contributed by atoms with Gasteiger partial charge in [-0.25, -0.2) is 0 Å². The third kappa shape index (κ3) is 2.41. The molecule has 4 unspecified atom stereocenters. The van der Waals surface area contributed by atoms with Crippen molar-refractivity contribution in [3.63, 3.8) is 0 Å². The first-order valence-electron chi connectivity index (χ1n) is 7.62. The first-order chi connectivity index (χ1) is 9.60. The normalized spacial score (nSPS) is 29.6. The van der Waals surface area contributed by atoms with E-state index in [1.807, 2.05) is 6.92 Å². The number of rotatable bonds is 4. The quantitative estimate of drug-likeness (QED) is 0.915. The predicted molar refractivity (Wildman–Crippen MR) is 81.5 cm³/mol. The molecular weight excluding hydrogens is 318 g/mol. The number of amides is 1. The van der Waals surface area contributed by atoms with Crippen molar-refractivity contribution in [2.24, 2.45) is 17.8 Å². The van der Waals surface area contributed by atoms with Gasteiger partial charge in [0.25, 0.3) is 5.91 Å². The molecule has 3 rings (SSSR count). The first-order valence-corrected chi connectivity index (χ1v) is 8.41. The van der Waals surface area contributed by atoms with Crippen LogP contribution in [0.5, 0.6) is 0 Å². The molecule has 1 heterocycles. The van der Waals surface area contributed by atoms with Gasteiger partial charge in [-0.15, -0.1) is 0 Å². The molecular formula is C15H22BrN3O. The molecule has 20 heavy (non-hydrogen) atoms. The summed E-state index contributed by atoms with van der Waals surface area (Å²) < 4.78 is 2.52. The van der Waals surface area contributed by atoms with Gasteiger partial charge in [-0.05, 0) is 66.8 Å². The minimum Gasteiger partial charge on any atom is -0.348 e. The number of nitrogens with zero attached hydrogens (tertiary/aromatic N) is 2. The van der Waals surface area contributed by atoms with Gasteiger partial charge in [0, 0.05) is 12.6 Å². The molecule has 2 aliphatic carbocycles. The zero-order valence-electron chi connectivity index (χ0n) is 12.1. The van der Waals surface area contributed by atoms with Crippen LogP contribution in [0.15, 0.2) is 10.7 Å². The Morgan fingerprint density at radius 1 is 1.55 bits per heavy atom. The second-order valence-corrected chi connectivity index (χ2v) is 7.11. The van der Waals surface area contributed by atoms with Crippen LogP contribution < -0.4 is 5.32 Å². The molecule has 0 spiro atoms. The summed E-state index contributed by atoms with van der Waals surface area (Å²) >= 11 is 3.42. The second kappa shape index (κ2) is 5.51. The average molecular weight is 340 g/mol. The number of hydrogen-bond donors (Lipinski definition) is 1. The number of halogens is 1. The van der Waals surface area contributed by atoms with Gasteiger partial charge in [-0.1, -0.05) is 6.42 Å². The van der Waals surface area contributed by atoms with Crippen molar-refractivity contribution in [3.05, 3.63) is 16.4 Å². The smallest absolute Gasteiger partial charge is 0.270 e. The van der Waals surface area contributed by atoms with Gasteiger partial charge < -0.3 is 5.32 Å². The average Bonchev–Trinajstić information content (AvgIpc) is 3.12. The Morgan fingerprint density at radius 3 is 2.95 bits per heavy atom. The molecule has 0 aromatic carbocycles. The van der Waals surface area contributed by atoms with E-state index in [0.29, 0.717) is 18.2 Å². The minimum absolute atomic E-state index is 0.00787. The topological polar surface area (TPSA) is 46.9 Å². The van der Waals surface area contributed by atoms with Crippen LogP contribution in [-0.4, -0.2) is 21.7 Å². The Morgan fingerprint density at radius 2 is 2.35 bits per heavy atom. The summed E-state index contributed by atoms with van der Waals surface area (Å²) in [6.45, 7) is 4.86. The number of aryl methyl sites for hydroxylation is 1. The van der Waals surface area contributed by atoms with Gasteiger partial charge in [-0.2, -0.15) is 5.10 Å². The lowest BCUT2D eigenvalue weighted by Gasteiger charge is -2.28. The van der Waals surface area contributed by atoms with Crippen LogP contribution in [0.1, 0.15) is 50.0 Å². The summed E-state index contributed by atoms with van der Waals surface area (Å²) in [6, 6.07) is 0.255. The molecule has 0 aliphatic heterocycles. The van der Waals surface area contributed by atoms with E-state index < -0.39 is 0 Å². The molecule has 1 aromatic heterocycles. The van der Waals surface area contributed by atoms with Crippen LogP contribution >= 0.6 is 15.9 Å². The zero-order valence-corrected chi connectivity index (χ0v) is 13.7. The Kier molecular flexibility index (Phi) is 3.89. The maximum absolute atomic E-state index is 12.5. The highest BCUT2D eigenvalue weighted by molar-refractivity contribution is 9.10. The van der Waals surface area contributed by atoms with Crippen LogP contribution in [0.2, 0.25) is 0 Å². The third-order valence-corrected chi connectivity index (χ3v) is 5.68. The summed E-state index contributed by atoms with van der Waals surface area (Å²) in [6.07, 6.45) is 7.12. The van der Waals surface area contributed by atoms with Crippen molar-refractivity contribution in [2.75, 3.05) is 0 Å². The molecule has 1 N–H and O–H groups in total.